The molecular formula is C21H27BN2O5S. The Morgan fingerprint density at radius 1 is 1.10 bits per heavy atom. The van der Waals surface area contributed by atoms with E-state index in [1.807, 2.05) is 40.7 Å². The van der Waals surface area contributed by atoms with Crippen LogP contribution in [0.15, 0.2) is 52.0 Å². The van der Waals surface area contributed by atoms with Gasteiger partial charge in [-0.25, -0.2) is 12.4 Å². The summed E-state index contributed by atoms with van der Waals surface area (Å²) < 4.78 is 40.3. The Morgan fingerprint density at radius 2 is 1.73 bits per heavy atom. The van der Waals surface area contributed by atoms with E-state index in [1.165, 1.54) is 12.4 Å². The molecule has 30 heavy (non-hydrogen) atoms. The Hall–Kier alpha value is -2.10. The van der Waals surface area contributed by atoms with Crippen LogP contribution in [0.1, 0.15) is 48.0 Å². The number of aromatic nitrogens is 2. The van der Waals surface area contributed by atoms with E-state index in [-0.39, 0.29) is 10.4 Å². The van der Waals surface area contributed by atoms with Crippen LogP contribution in [0.3, 0.4) is 0 Å². The zero-order valence-electron chi connectivity index (χ0n) is 18.1. The highest BCUT2D eigenvalue weighted by atomic mass is 32.2. The molecule has 1 N–H and O–H groups in total. The van der Waals surface area contributed by atoms with Crippen LogP contribution in [0.25, 0.3) is 10.9 Å². The Morgan fingerprint density at radius 3 is 2.33 bits per heavy atom. The average molecular weight is 430 g/mol. The number of rotatable bonds is 3. The first-order chi connectivity index (χ1) is 13.8. The van der Waals surface area contributed by atoms with Crippen molar-refractivity contribution in [2.75, 3.05) is 0 Å². The molecule has 1 fully saturated rings. The first-order valence-electron chi connectivity index (χ1n) is 9.98. The summed E-state index contributed by atoms with van der Waals surface area (Å²) in [6.45, 7) is 11.8. The maximum atomic E-state index is 13.4. The number of hydrogen-bond donors (Lipinski definition) is 1. The number of nitrogens with zero attached hydrogens (tertiary/aromatic N) is 1. The Balaban J connectivity index is 1.71. The van der Waals surface area contributed by atoms with Gasteiger partial charge in [-0.15, -0.1) is 0 Å². The Labute approximate surface area is 177 Å². The predicted molar refractivity (Wildman–Crippen MR) is 118 cm³/mol. The van der Waals surface area contributed by atoms with Gasteiger partial charge in [0.1, 0.15) is 5.52 Å². The number of pyridine rings is 1. The van der Waals surface area contributed by atoms with Gasteiger partial charge < -0.3 is 14.3 Å². The quantitative estimate of drug-likeness (QED) is 0.752. The number of fused-ring (bicyclic) bond motifs is 1. The molecule has 0 spiro atoms. The van der Waals surface area contributed by atoms with Crippen molar-refractivity contribution in [2.24, 2.45) is 0 Å². The maximum Gasteiger partial charge on any atom is 0.468 e. The van der Waals surface area contributed by atoms with Crippen molar-refractivity contribution in [3.05, 3.63) is 57.5 Å². The summed E-state index contributed by atoms with van der Waals surface area (Å²) in [4.78, 5) is 15.0. The maximum absolute atomic E-state index is 13.4. The molecule has 0 radical (unpaired) electrons. The molecule has 160 valence electrons. The summed E-state index contributed by atoms with van der Waals surface area (Å²) in [7, 11) is -4.42. The van der Waals surface area contributed by atoms with E-state index in [4.69, 9.17) is 9.31 Å². The summed E-state index contributed by atoms with van der Waals surface area (Å²) in [5.74, 6) is 0. The molecule has 9 heteroatoms. The molecule has 3 heterocycles. The normalized spacial score (nSPS) is 26.0. The van der Waals surface area contributed by atoms with Crippen molar-refractivity contribution >= 4 is 28.0 Å². The number of H-pyrrole nitrogens is 1. The molecule has 2 aromatic heterocycles. The van der Waals surface area contributed by atoms with Gasteiger partial charge in [0.2, 0.25) is 0 Å². The van der Waals surface area contributed by atoms with Gasteiger partial charge in [-0.05, 0) is 58.7 Å². The molecule has 2 aromatic rings. The molecule has 0 amide bonds. The SMILES string of the molecule is CC1=CC(C)(B2OC(C)(C)C(C)(C)O2)CC=C1S(=O)(=O)n1ccc2cc[nH]c(=O)c21. The standard InChI is InChI=1S/C21H27BN2O5S/c1-14-13-21(6,22-28-19(2,3)20(4,5)29-22)10-7-16(14)30(26,27)24-12-9-15-8-11-23-18(25)17(15)24/h7-9,11-13H,10H2,1-6H3,(H,23,25). The number of hydrogen-bond acceptors (Lipinski definition) is 5. The van der Waals surface area contributed by atoms with Crippen molar-refractivity contribution in [2.45, 2.75) is 64.5 Å². The molecule has 1 atom stereocenters. The van der Waals surface area contributed by atoms with Gasteiger partial charge in [0, 0.05) is 23.1 Å². The highest BCUT2D eigenvalue weighted by molar-refractivity contribution is 7.94. The molecule has 1 saturated heterocycles. The lowest BCUT2D eigenvalue weighted by atomic mass is 9.55. The third-order valence-electron chi connectivity index (χ3n) is 6.57. The smallest absolute Gasteiger partial charge is 0.403 e. The van der Waals surface area contributed by atoms with Gasteiger partial charge >= 0.3 is 7.12 Å². The third-order valence-corrected chi connectivity index (χ3v) is 8.43. The molecule has 0 saturated carbocycles. The van der Waals surface area contributed by atoms with Crippen LogP contribution in [0, 0.1) is 0 Å². The summed E-state index contributed by atoms with van der Waals surface area (Å²) >= 11 is 0. The molecule has 1 unspecified atom stereocenters. The first-order valence-corrected chi connectivity index (χ1v) is 11.4. The van der Waals surface area contributed by atoms with Crippen molar-refractivity contribution in [3.63, 3.8) is 0 Å². The van der Waals surface area contributed by atoms with Crippen molar-refractivity contribution in [1.29, 1.82) is 0 Å². The minimum atomic E-state index is -3.93. The summed E-state index contributed by atoms with van der Waals surface area (Å²) in [5.41, 5.74) is -0.660. The van der Waals surface area contributed by atoms with Crippen LogP contribution >= 0.6 is 0 Å². The largest absolute Gasteiger partial charge is 0.468 e. The van der Waals surface area contributed by atoms with Gasteiger partial charge in [0.25, 0.3) is 15.6 Å². The van der Waals surface area contributed by atoms with Crippen molar-refractivity contribution in [1.82, 2.24) is 8.96 Å². The van der Waals surface area contributed by atoms with Crippen molar-refractivity contribution < 1.29 is 17.7 Å². The Bertz CT molecular complexity index is 1240. The summed E-state index contributed by atoms with van der Waals surface area (Å²) in [5, 5.41) is 0.0621. The zero-order chi connectivity index (χ0) is 22.1. The van der Waals surface area contributed by atoms with Gasteiger partial charge in [-0.3, -0.25) is 4.79 Å². The van der Waals surface area contributed by atoms with Crippen LogP contribution in [0.5, 0.6) is 0 Å². The van der Waals surface area contributed by atoms with Crippen LogP contribution in [-0.4, -0.2) is 35.7 Å². The Kier molecular flexibility index (Phi) is 4.55. The summed E-state index contributed by atoms with van der Waals surface area (Å²) in [6.07, 6.45) is 6.98. The minimum Gasteiger partial charge on any atom is -0.403 e. The molecule has 0 aromatic carbocycles. The fourth-order valence-corrected chi connectivity index (χ4v) is 5.68. The van der Waals surface area contributed by atoms with Crippen molar-refractivity contribution in [3.8, 4) is 0 Å². The lowest BCUT2D eigenvalue weighted by molar-refractivity contribution is 0.00578. The molecule has 4 rings (SSSR count). The van der Waals surface area contributed by atoms with E-state index in [0.29, 0.717) is 17.4 Å². The molecule has 0 bridgehead atoms. The lowest BCUT2D eigenvalue weighted by Gasteiger charge is -2.32. The second-order valence-corrected chi connectivity index (χ2v) is 11.2. The zero-order valence-corrected chi connectivity index (χ0v) is 19.0. The van der Waals surface area contributed by atoms with Crippen LogP contribution in [0.4, 0.5) is 0 Å². The van der Waals surface area contributed by atoms with E-state index in [0.717, 1.165) is 3.97 Å². The molecular weight excluding hydrogens is 403 g/mol. The van der Waals surface area contributed by atoms with E-state index >= 15 is 0 Å². The van der Waals surface area contributed by atoms with E-state index in [2.05, 4.69) is 4.98 Å². The number of aromatic amines is 1. The van der Waals surface area contributed by atoms with Gasteiger partial charge in [-0.1, -0.05) is 19.1 Å². The molecule has 2 aliphatic rings. The first kappa shape index (κ1) is 21.1. The van der Waals surface area contributed by atoms with Gasteiger partial charge in [0.15, 0.2) is 0 Å². The van der Waals surface area contributed by atoms with Crippen LogP contribution in [-0.2, 0) is 19.3 Å². The van der Waals surface area contributed by atoms with E-state index < -0.39 is 39.2 Å². The highest BCUT2D eigenvalue weighted by Crippen LogP contribution is 2.50. The predicted octanol–water partition coefficient (Wildman–Crippen LogP) is 3.59. The lowest BCUT2D eigenvalue weighted by Crippen LogP contribution is -2.41. The topological polar surface area (TPSA) is 90.4 Å². The monoisotopic (exact) mass is 430 g/mol. The fraction of sp³-hybridized carbons (Fsp3) is 0.476. The van der Waals surface area contributed by atoms with Gasteiger partial charge in [0.05, 0.1) is 16.1 Å². The minimum absolute atomic E-state index is 0.116. The third kappa shape index (κ3) is 3.02. The molecule has 7 nitrogen and oxygen atoms in total. The molecule has 1 aliphatic heterocycles. The fourth-order valence-electron chi connectivity index (χ4n) is 4.06. The van der Waals surface area contributed by atoms with Crippen LogP contribution in [0.2, 0.25) is 5.31 Å². The average Bonchev–Trinajstić information content (AvgIpc) is 3.15. The second kappa shape index (κ2) is 6.45. The second-order valence-electron chi connectivity index (χ2n) is 9.42. The van der Waals surface area contributed by atoms with Gasteiger partial charge in [-0.2, -0.15) is 0 Å². The van der Waals surface area contributed by atoms with Crippen LogP contribution < -0.4 is 5.56 Å². The summed E-state index contributed by atoms with van der Waals surface area (Å²) in [6, 6.07) is 3.30. The van der Waals surface area contributed by atoms with E-state index in [9.17, 15) is 13.2 Å². The molecule has 1 aliphatic carbocycles. The highest BCUT2D eigenvalue weighted by Gasteiger charge is 2.57. The van der Waals surface area contributed by atoms with E-state index in [1.54, 1.807) is 25.1 Å². The number of nitrogens with one attached hydrogen (secondary N) is 1. The number of allylic oxidation sites excluding steroid dienone is 3.